The van der Waals surface area contributed by atoms with Gasteiger partial charge in [0.1, 0.15) is 5.02 Å². The predicted molar refractivity (Wildman–Crippen MR) is 124 cm³/mol. The minimum atomic E-state index is -0.0385. The summed E-state index contributed by atoms with van der Waals surface area (Å²) in [6.45, 7) is 0.548. The fourth-order valence-electron chi connectivity index (χ4n) is 3.79. The molecule has 31 heavy (non-hydrogen) atoms. The Bertz CT molecular complexity index is 1190. The van der Waals surface area contributed by atoms with Gasteiger partial charge in [0, 0.05) is 35.1 Å². The van der Waals surface area contributed by atoms with Crippen LogP contribution in [0.4, 0.5) is 23.1 Å². The summed E-state index contributed by atoms with van der Waals surface area (Å²) in [5.41, 5.74) is 3.23. The van der Waals surface area contributed by atoms with Gasteiger partial charge in [-0.15, -0.1) is 0 Å². The molecule has 2 N–H and O–H groups in total. The number of nitrogens with zero attached hydrogens (tertiary/aromatic N) is 3. The number of benzene rings is 2. The first-order valence-corrected chi connectivity index (χ1v) is 10.4. The molecule has 1 atom stereocenters. The van der Waals surface area contributed by atoms with E-state index in [1.165, 1.54) is 0 Å². The number of anilines is 4. The summed E-state index contributed by atoms with van der Waals surface area (Å²) in [7, 11) is 0. The lowest BCUT2D eigenvalue weighted by Gasteiger charge is -2.28. The molecule has 1 aromatic heterocycles. The van der Waals surface area contributed by atoms with Crippen LogP contribution in [-0.4, -0.2) is 22.4 Å². The molecule has 2 aromatic carbocycles. The average Bonchev–Trinajstić information content (AvgIpc) is 2.80. The van der Waals surface area contributed by atoms with Crippen LogP contribution in [0.2, 0.25) is 5.02 Å². The minimum Gasteiger partial charge on any atom is -0.339 e. The van der Waals surface area contributed by atoms with Gasteiger partial charge < -0.3 is 15.5 Å². The number of amides is 1. The van der Waals surface area contributed by atoms with E-state index >= 15 is 0 Å². The van der Waals surface area contributed by atoms with Crippen LogP contribution >= 0.6 is 11.6 Å². The molecule has 0 saturated carbocycles. The Labute approximate surface area is 185 Å². The van der Waals surface area contributed by atoms with Gasteiger partial charge in [-0.05, 0) is 42.8 Å². The van der Waals surface area contributed by atoms with E-state index < -0.39 is 0 Å². The molecule has 0 spiro atoms. The van der Waals surface area contributed by atoms with Gasteiger partial charge in [0.2, 0.25) is 5.95 Å². The Morgan fingerprint density at radius 2 is 1.97 bits per heavy atom. The van der Waals surface area contributed by atoms with Crippen molar-refractivity contribution in [2.45, 2.75) is 6.42 Å². The van der Waals surface area contributed by atoms with Gasteiger partial charge in [-0.25, -0.2) is 4.98 Å². The number of carbonyl (C=O) groups excluding carboxylic acids is 1. The summed E-state index contributed by atoms with van der Waals surface area (Å²) in [6.07, 6.45) is 8.46. The summed E-state index contributed by atoms with van der Waals surface area (Å²) >= 11 is 6.32. The van der Waals surface area contributed by atoms with Crippen molar-refractivity contribution in [3.8, 4) is 0 Å². The Balaban J connectivity index is 1.60. The molecule has 3 aromatic rings. The first-order valence-electron chi connectivity index (χ1n) is 10.1. The van der Waals surface area contributed by atoms with Crippen molar-refractivity contribution in [1.82, 2.24) is 9.97 Å². The number of fused-ring (bicyclic) bond motifs is 6. The number of hydrogen-bond acceptors (Lipinski definition) is 5. The largest absolute Gasteiger partial charge is 0.339 e. The topological polar surface area (TPSA) is 70.2 Å². The highest BCUT2D eigenvalue weighted by Gasteiger charge is 2.24. The van der Waals surface area contributed by atoms with Crippen molar-refractivity contribution in [2.24, 2.45) is 5.92 Å². The van der Waals surface area contributed by atoms with Gasteiger partial charge in [0.15, 0.2) is 5.82 Å². The standard InChI is InChI=1S/C24H20ClN5O/c25-21-14-26-24-28-18-9-4-6-16(12-18)15-30(23(31)17-7-2-1-3-8-17)20-11-5-10-19(13-20)27-22(21)29-24/h1-11,13-14,16H,12,15H2,(H2,26,27,28,29). The molecule has 1 unspecified atom stereocenters. The number of aromatic nitrogens is 2. The highest BCUT2D eigenvalue weighted by Crippen LogP contribution is 2.30. The van der Waals surface area contributed by atoms with Gasteiger partial charge in [0.25, 0.3) is 5.91 Å². The summed E-state index contributed by atoms with van der Waals surface area (Å²) in [5.74, 6) is 1.08. The maximum absolute atomic E-state index is 13.5. The maximum atomic E-state index is 13.5. The molecule has 6 nitrogen and oxygen atoms in total. The number of allylic oxidation sites excluding steroid dienone is 3. The van der Waals surface area contributed by atoms with E-state index in [9.17, 15) is 4.79 Å². The molecule has 5 rings (SSSR count). The van der Waals surface area contributed by atoms with Gasteiger partial charge >= 0.3 is 0 Å². The summed E-state index contributed by atoms with van der Waals surface area (Å²) < 4.78 is 0. The molecular formula is C24H20ClN5O. The van der Waals surface area contributed by atoms with Crippen LogP contribution in [0.1, 0.15) is 16.8 Å². The van der Waals surface area contributed by atoms with E-state index in [-0.39, 0.29) is 11.8 Å². The molecule has 154 valence electrons. The van der Waals surface area contributed by atoms with Gasteiger partial charge in [-0.2, -0.15) is 4.98 Å². The van der Waals surface area contributed by atoms with Crippen molar-refractivity contribution in [2.75, 3.05) is 22.1 Å². The highest BCUT2D eigenvalue weighted by atomic mass is 35.5. The van der Waals surface area contributed by atoms with E-state index in [2.05, 4.69) is 26.7 Å². The zero-order valence-electron chi connectivity index (χ0n) is 16.6. The fraction of sp³-hybridized carbons (Fsp3) is 0.125. The second-order valence-corrected chi connectivity index (χ2v) is 7.92. The quantitative estimate of drug-likeness (QED) is 0.541. The summed E-state index contributed by atoms with van der Waals surface area (Å²) in [5, 5.41) is 6.95. The Morgan fingerprint density at radius 3 is 2.84 bits per heavy atom. The normalized spacial score (nSPS) is 17.3. The molecule has 0 fully saturated rings. The number of carbonyl (C=O) groups is 1. The van der Waals surface area contributed by atoms with Crippen LogP contribution < -0.4 is 15.5 Å². The van der Waals surface area contributed by atoms with Crippen molar-refractivity contribution in [1.29, 1.82) is 0 Å². The lowest BCUT2D eigenvalue weighted by Crippen LogP contribution is -2.35. The van der Waals surface area contributed by atoms with E-state index in [1.54, 1.807) is 6.20 Å². The lowest BCUT2D eigenvalue weighted by molar-refractivity contribution is 0.0984. The zero-order valence-corrected chi connectivity index (χ0v) is 17.4. The van der Waals surface area contributed by atoms with E-state index in [0.29, 0.717) is 28.9 Å². The SMILES string of the molecule is O=C(c1ccccc1)N1CC2C=CC=C(C2)Nc2ncc(Cl)c(n2)Nc2cccc1c2. The first-order chi connectivity index (χ1) is 15.2. The van der Waals surface area contributed by atoms with Gasteiger partial charge in [-0.3, -0.25) is 4.79 Å². The third-order valence-corrected chi connectivity index (χ3v) is 5.56. The van der Waals surface area contributed by atoms with E-state index in [0.717, 1.165) is 23.5 Å². The lowest BCUT2D eigenvalue weighted by atomic mass is 9.97. The third-order valence-electron chi connectivity index (χ3n) is 5.28. The Kier molecular flexibility index (Phi) is 5.14. The van der Waals surface area contributed by atoms with Crippen molar-refractivity contribution in [3.63, 3.8) is 0 Å². The predicted octanol–water partition coefficient (Wildman–Crippen LogP) is 5.41. The Morgan fingerprint density at radius 1 is 1.10 bits per heavy atom. The number of nitrogens with one attached hydrogen (secondary N) is 2. The van der Waals surface area contributed by atoms with Crippen molar-refractivity contribution in [3.05, 3.63) is 95.3 Å². The van der Waals surface area contributed by atoms with Crippen LogP contribution in [0.5, 0.6) is 0 Å². The van der Waals surface area contributed by atoms with Crippen molar-refractivity contribution < 1.29 is 4.79 Å². The molecule has 1 aliphatic heterocycles. The molecule has 7 heteroatoms. The second-order valence-electron chi connectivity index (χ2n) is 7.51. The highest BCUT2D eigenvalue weighted by molar-refractivity contribution is 6.32. The average molecular weight is 430 g/mol. The molecule has 6 bridgehead atoms. The fourth-order valence-corrected chi connectivity index (χ4v) is 3.93. The third kappa shape index (κ3) is 4.15. The number of hydrogen-bond donors (Lipinski definition) is 2. The molecule has 2 aliphatic rings. The van der Waals surface area contributed by atoms with Crippen LogP contribution in [0.3, 0.4) is 0 Å². The number of halogens is 1. The van der Waals surface area contributed by atoms with Crippen LogP contribution in [-0.2, 0) is 0 Å². The molecule has 1 aliphatic carbocycles. The van der Waals surface area contributed by atoms with E-state index in [1.807, 2.05) is 71.6 Å². The monoisotopic (exact) mass is 429 g/mol. The minimum absolute atomic E-state index is 0.0385. The second kappa shape index (κ2) is 8.24. The van der Waals surface area contributed by atoms with Crippen LogP contribution in [0.15, 0.2) is 84.7 Å². The Hall–Kier alpha value is -3.64. The summed E-state index contributed by atoms with van der Waals surface area (Å²) in [6, 6.07) is 17.1. The van der Waals surface area contributed by atoms with Gasteiger partial charge in [0.05, 0.1) is 6.20 Å². The zero-order chi connectivity index (χ0) is 21.2. The molecule has 1 amide bonds. The smallest absolute Gasteiger partial charge is 0.258 e. The molecule has 2 heterocycles. The summed E-state index contributed by atoms with van der Waals surface area (Å²) in [4.78, 5) is 24.1. The van der Waals surface area contributed by atoms with Gasteiger partial charge in [-0.1, -0.05) is 48.0 Å². The van der Waals surface area contributed by atoms with Crippen LogP contribution in [0, 0.1) is 5.92 Å². The molecule has 0 saturated heterocycles. The number of rotatable bonds is 1. The maximum Gasteiger partial charge on any atom is 0.258 e. The van der Waals surface area contributed by atoms with Crippen LogP contribution in [0.25, 0.3) is 0 Å². The molecular weight excluding hydrogens is 410 g/mol. The van der Waals surface area contributed by atoms with E-state index in [4.69, 9.17) is 11.6 Å². The van der Waals surface area contributed by atoms with Crippen molar-refractivity contribution >= 4 is 40.6 Å². The molecule has 0 radical (unpaired) electrons. The first kappa shape index (κ1) is 19.3.